The number of nitrogens with zero attached hydrogens (tertiary/aromatic N) is 2. The highest BCUT2D eigenvalue weighted by molar-refractivity contribution is 6.30. The molecule has 0 spiro atoms. The molecule has 5 rings (SSSR count). The lowest BCUT2D eigenvalue weighted by Gasteiger charge is -2.38. The second kappa shape index (κ2) is 6.39. The second-order valence-corrected chi connectivity index (χ2v) is 7.15. The van der Waals surface area contributed by atoms with E-state index in [-0.39, 0.29) is 18.1 Å². The van der Waals surface area contributed by atoms with Crippen LogP contribution in [0.1, 0.15) is 35.4 Å². The summed E-state index contributed by atoms with van der Waals surface area (Å²) in [5, 5.41) is 7.51. The standard InChI is InChI=1S/C22H16ClFN2O/c23-16-5-3-4-15(12-16)22-26-20(18-6-1-2-7-21(18)27-22)13-19(25-26)14-8-10-17(24)11-9-14/h1-12,20,22H,13H2. The fourth-order valence-electron chi connectivity index (χ4n) is 3.73. The van der Waals surface area contributed by atoms with E-state index in [9.17, 15) is 4.39 Å². The second-order valence-electron chi connectivity index (χ2n) is 6.72. The molecule has 0 aromatic heterocycles. The summed E-state index contributed by atoms with van der Waals surface area (Å²) in [5.74, 6) is 0.611. The zero-order valence-electron chi connectivity index (χ0n) is 14.3. The lowest BCUT2D eigenvalue weighted by Crippen LogP contribution is -2.33. The van der Waals surface area contributed by atoms with Crippen molar-refractivity contribution in [1.82, 2.24) is 5.01 Å². The molecule has 27 heavy (non-hydrogen) atoms. The summed E-state index contributed by atoms with van der Waals surface area (Å²) in [6.45, 7) is 0. The topological polar surface area (TPSA) is 24.8 Å². The number of para-hydroxylation sites is 1. The van der Waals surface area contributed by atoms with E-state index in [0.29, 0.717) is 5.02 Å². The van der Waals surface area contributed by atoms with Gasteiger partial charge in [0.05, 0.1) is 11.8 Å². The van der Waals surface area contributed by atoms with Crippen LogP contribution in [-0.4, -0.2) is 10.7 Å². The molecule has 5 heteroatoms. The first kappa shape index (κ1) is 16.3. The van der Waals surface area contributed by atoms with E-state index in [1.54, 1.807) is 12.1 Å². The fraction of sp³-hybridized carbons (Fsp3) is 0.136. The molecule has 0 saturated heterocycles. The van der Waals surface area contributed by atoms with Gasteiger partial charge in [0, 0.05) is 22.6 Å². The van der Waals surface area contributed by atoms with E-state index in [1.165, 1.54) is 12.1 Å². The van der Waals surface area contributed by atoms with Gasteiger partial charge >= 0.3 is 0 Å². The van der Waals surface area contributed by atoms with E-state index in [1.807, 2.05) is 47.5 Å². The molecular formula is C22H16ClFN2O. The Morgan fingerprint density at radius 2 is 1.81 bits per heavy atom. The molecule has 2 atom stereocenters. The summed E-state index contributed by atoms with van der Waals surface area (Å²) < 4.78 is 19.6. The molecule has 0 radical (unpaired) electrons. The first-order chi connectivity index (χ1) is 13.2. The van der Waals surface area contributed by atoms with Crippen LogP contribution in [0.25, 0.3) is 0 Å². The highest BCUT2D eigenvalue weighted by Gasteiger charge is 2.40. The van der Waals surface area contributed by atoms with E-state index in [2.05, 4.69) is 6.07 Å². The van der Waals surface area contributed by atoms with E-state index in [0.717, 1.165) is 34.6 Å². The van der Waals surface area contributed by atoms with Crippen molar-refractivity contribution in [2.24, 2.45) is 5.10 Å². The molecule has 3 nitrogen and oxygen atoms in total. The average Bonchev–Trinajstić information content (AvgIpc) is 3.13. The lowest BCUT2D eigenvalue weighted by atomic mass is 9.96. The van der Waals surface area contributed by atoms with Crippen LogP contribution < -0.4 is 4.74 Å². The minimum Gasteiger partial charge on any atom is -0.464 e. The van der Waals surface area contributed by atoms with Crippen molar-refractivity contribution in [2.45, 2.75) is 18.7 Å². The Balaban J connectivity index is 1.60. The zero-order chi connectivity index (χ0) is 18.4. The van der Waals surface area contributed by atoms with Gasteiger partial charge in [0.1, 0.15) is 11.6 Å². The number of ether oxygens (including phenoxy) is 1. The van der Waals surface area contributed by atoms with Gasteiger partial charge < -0.3 is 4.74 Å². The molecule has 2 unspecified atom stereocenters. The van der Waals surface area contributed by atoms with E-state index < -0.39 is 0 Å². The van der Waals surface area contributed by atoms with Crippen molar-refractivity contribution in [3.63, 3.8) is 0 Å². The molecule has 0 aliphatic carbocycles. The SMILES string of the molecule is Fc1ccc(C2=NN3C(C2)c2ccccc2OC3c2cccc(Cl)c2)cc1. The van der Waals surface area contributed by atoms with Crippen LogP contribution >= 0.6 is 11.6 Å². The van der Waals surface area contributed by atoms with Crippen molar-refractivity contribution in [3.8, 4) is 5.75 Å². The van der Waals surface area contributed by atoms with Gasteiger partial charge in [0.2, 0.25) is 6.23 Å². The minimum atomic E-state index is -0.360. The molecule has 0 fully saturated rings. The molecule has 2 aliphatic heterocycles. The van der Waals surface area contributed by atoms with Crippen molar-refractivity contribution in [3.05, 3.63) is 100 Å². The van der Waals surface area contributed by atoms with E-state index >= 15 is 0 Å². The molecule has 0 bridgehead atoms. The van der Waals surface area contributed by atoms with Gasteiger partial charge in [-0.3, -0.25) is 0 Å². The molecule has 2 aliphatic rings. The molecule has 134 valence electrons. The third-order valence-corrected chi connectivity index (χ3v) is 5.25. The number of rotatable bonds is 2. The maximum Gasteiger partial charge on any atom is 0.213 e. The Labute approximate surface area is 161 Å². The first-order valence-corrected chi connectivity index (χ1v) is 9.19. The van der Waals surface area contributed by atoms with Gasteiger partial charge in [-0.2, -0.15) is 5.10 Å². The van der Waals surface area contributed by atoms with E-state index in [4.69, 9.17) is 21.4 Å². The minimum absolute atomic E-state index is 0.0685. The maximum atomic E-state index is 13.3. The Morgan fingerprint density at radius 1 is 1.00 bits per heavy atom. The molecule has 2 heterocycles. The molecule has 3 aromatic carbocycles. The summed E-state index contributed by atoms with van der Waals surface area (Å²) in [6, 6.07) is 22.2. The summed E-state index contributed by atoms with van der Waals surface area (Å²) in [4.78, 5) is 0. The monoisotopic (exact) mass is 378 g/mol. The average molecular weight is 379 g/mol. The molecule has 0 saturated carbocycles. The Hall–Kier alpha value is -2.85. The van der Waals surface area contributed by atoms with Gasteiger partial charge in [-0.25, -0.2) is 9.40 Å². The van der Waals surface area contributed by atoms with Crippen LogP contribution in [0, 0.1) is 5.82 Å². The summed E-state index contributed by atoms with van der Waals surface area (Å²) in [7, 11) is 0. The van der Waals surface area contributed by atoms with Crippen LogP contribution in [0.3, 0.4) is 0 Å². The quantitative estimate of drug-likeness (QED) is 0.569. The van der Waals surface area contributed by atoms with Crippen molar-refractivity contribution in [1.29, 1.82) is 0 Å². The van der Waals surface area contributed by atoms with Crippen molar-refractivity contribution < 1.29 is 9.13 Å². The summed E-state index contributed by atoms with van der Waals surface area (Å²) in [5.41, 5.74) is 3.91. The smallest absolute Gasteiger partial charge is 0.213 e. The number of fused-ring (bicyclic) bond motifs is 3. The van der Waals surface area contributed by atoms with Crippen LogP contribution in [-0.2, 0) is 0 Å². The van der Waals surface area contributed by atoms with Crippen molar-refractivity contribution in [2.75, 3.05) is 0 Å². The number of benzene rings is 3. The molecular weight excluding hydrogens is 363 g/mol. The molecule has 0 amide bonds. The van der Waals surface area contributed by atoms with Crippen LogP contribution in [0.4, 0.5) is 4.39 Å². The first-order valence-electron chi connectivity index (χ1n) is 8.82. The maximum absolute atomic E-state index is 13.3. The number of hydrazone groups is 1. The normalized spacial score (nSPS) is 20.5. The van der Waals surface area contributed by atoms with Crippen LogP contribution in [0.2, 0.25) is 5.02 Å². The van der Waals surface area contributed by atoms with Crippen molar-refractivity contribution >= 4 is 17.3 Å². The molecule has 3 aromatic rings. The summed E-state index contributed by atoms with van der Waals surface area (Å²) >= 11 is 6.20. The van der Waals surface area contributed by atoms with Gasteiger partial charge in [-0.05, 0) is 35.9 Å². The largest absolute Gasteiger partial charge is 0.464 e. The highest BCUT2D eigenvalue weighted by Crippen LogP contribution is 2.47. The van der Waals surface area contributed by atoms with Crippen LogP contribution in [0.5, 0.6) is 5.75 Å². The third-order valence-electron chi connectivity index (χ3n) is 5.01. The third kappa shape index (κ3) is 2.86. The Kier molecular flexibility index (Phi) is 3.87. The van der Waals surface area contributed by atoms with Gasteiger partial charge in [-0.15, -0.1) is 0 Å². The Morgan fingerprint density at radius 3 is 2.63 bits per heavy atom. The Bertz CT molecular complexity index is 1030. The number of hydrogen-bond acceptors (Lipinski definition) is 3. The lowest BCUT2D eigenvalue weighted by molar-refractivity contribution is -0.0190. The fourth-order valence-corrected chi connectivity index (χ4v) is 3.93. The predicted molar refractivity (Wildman–Crippen MR) is 103 cm³/mol. The van der Waals surface area contributed by atoms with Gasteiger partial charge in [0.15, 0.2) is 0 Å². The van der Waals surface area contributed by atoms with Gasteiger partial charge in [0.25, 0.3) is 0 Å². The molecule has 0 N–H and O–H groups in total. The zero-order valence-corrected chi connectivity index (χ0v) is 15.1. The number of halogens is 2. The summed E-state index contributed by atoms with van der Waals surface area (Å²) in [6.07, 6.45) is 0.379. The predicted octanol–water partition coefficient (Wildman–Crippen LogP) is 5.72. The number of hydrogen-bond donors (Lipinski definition) is 0. The van der Waals surface area contributed by atoms with Crippen LogP contribution in [0.15, 0.2) is 77.9 Å². The highest BCUT2D eigenvalue weighted by atomic mass is 35.5. The van der Waals surface area contributed by atoms with Gasteiger partial charge in [-0.1, -0.05) is 54.1 Å².